The molecule has 0 bridgehead atoms. The summed E-state index contributed by atoms with van der Waals surface area (Å²) in [5.41, 5.74) is 1.37. The minimum atomic E-state index is 0.0860. The molecule has 26 heavy (non-hydrogen) atoms. The second-order valence-electron chi connectivity index (χ2n) is 7.59. The number of likely N-dealkylation sites (N-methyl/N-ethyl adjacent to an activating group) is 1. The molecule has 0 aromatic heterocycles. The first kappa shape index (κ1) is 18.9. The van der Waals surface area contributed by atoms with E-state index in [4.69, 9.17) is 4.74 Å². The highest BCUT2D eigenvalue weighted by Crippen LogP contribution is 2.32. The number of carbonyl (C=O) groups excluding carboxylic acids is 1. The van der Waals surface area contributed by atoms with Gasteiger partial charge >= 0.3 is 0 Å². The fourth-order valence-electron chi connectivity index (χ4n) is 4.29. The quantitative estimate of drug-likeness (QED) is 0.758. The van der Waals surface area contributed by atoms with Gasteiger partial charge in [0.1, 0.15) is 5.75 Å². The number of ether oxygens (including phenoxy) is 1. The monoisotopic (exact) mass is 357 g/mol. The van der Waals surface area contributed by atoms with Gasteiger partial charge in [-0.3, -0.25) is 14.6 Å². The smallest absolute Gasteiger partial charge is 0.222 e. The van der Waals surface area contributed by atoms with E-state index in [1.807, 2.05) is 17.0 Å². The third-order valence-electron chi connectivity index (χ3n) is 5.97. The predicted molar refractivity (Wildman–Crippen MR) is 104 cm³/mol. The normalized spacial score (nSPS) is 25.3. The zero-order valence-corrected chi connectivity index (χ0v) is 16.1. The molecule has 1 spiro atoms. The first-order chi connectivity index (χ1) is 12.6. The van der Waals surface area contributed by atoms with Crippen LogP contribution in [0.5, 0.6) is 5.75 Å². The van der Waals surface area contributed by atoms with E-state index in [0.29, 0.717) is 13.0 Å². The van der Waals surface area contributed by atoms with Gasteiger partial charge in [0, 0.05) is 51.2 Å². The minimum absolute atomic E-state index is 0.0860. The average molecular weight is 357 g/mol. The number of methoxy groups -OCH3 is 1. The van der Waals surface area contributed by atoms with Crippen molar-refractivity contribution >= 4 is 5.91 Å². The van der Waals surface area contributed by atoms with E-state index in [-0.39, 0.29) is 11.4 Å². The maximum atomic E-state index is 12.4. The molecule has 0 radical (unpaired) electrons. The van der Waals surface area contributed by atoms with Crippen LogP contribution in [0.1, 0.15) is 24.8 Å². The van der Waals surface area contributed by atoms with Gasteiger partial charge in [0.25, 0.3) is 0 Å². The van der Waals surface area contributed by atoms with Crippen LogP contribution < -0.4 is 4.74 Å². The van der Waals surface area contributed by atoms with Crippen LogP contribution in [0.4, 0.5) is 0 Å². The van der Waals surface area contributed by atoms with Crippen LogP contribution in [-0.2, 0) is 11.3 Å². The summed E-state index contributed by atoms with van der Waals surface area (Å²) in [7, 11) is 3.93. The number of hydrogen-bond acceptors (Lipinski definition) is 4. The Labute approximate surface area is 157 Å². The Balaban J connectivity index is 1.71. The fraction of sp³-hybridized carbons (Fsp3) is 0.571. The van der Waals surface area contributed by atoms with Crippen molar-refractivity contribution in [1.29, 1.82) is 0 Å². The van der Waals surface area contributed by atoms with Crippen molar-refractivity contribution in [2.75, 3.05) is 46.9 Å². The maximum absolute atomic E-state index is 12.4. The van der Waals surface area contributed by atoms with E-state index in [0.717, 1.165) is 51.3 Å². The van der Waals surface area contributed by atoms with Gasteiger partial charge in [-0.15, -0.1) is 6.58 Å². The first-order valence-electron chi connectivity index (χ1n) is 9.51. The van der Waals surface area contributed by atoms with Crippen molar-refractivity contribution in [3.05, 3.63) is 42.5 Å². The second kappa shape index (κ2) is 8.23. The van der Waals surface area contributed by atoms with E-state index in [1.54, 1.807) is 7.11 Å². The topological polar surface area (TPSA) is 36.0 Å². The molecule has 1 aromatic carbocycles. The molecular formula is C21H31N3O2. The van der Waals surface area contributed by atoms with Gasteiger partial charge in [0.05, 0.1) is 7.11 Å². The molecule has 0 unspecified atom stereocenters. The van der Waals surface area contributed by atoms with Crippen LogP contribution in [0.3, 0.4) is 0 Å². The van der Waals surface area contributed by atoms with Gasteiger partial charge in [-0.05, 0) is 37.6 Å². The van der Waals surface area contributed by atoms with Gasteiger partial charge < -0.3 is 9.64 Å². The lowest BCUT2D eigenvalue weighted by Gasteiger charge is -2.49. The number of likely N-dealkylation sites (tertiary alicyclic amines) is 1. The summed E-state index contributed by atoms with van der Waals surface area (Å²) in [6.45, 7) is 9.30. The van der Waals surface area contributed by atoms with Crippen molar-refractivity contribution < 1.29 is 9.53 Å². The number of benzene rings is 1. The summed E-state index contributed by atoms with van der Waals surface area (Å²) >= 11 is 0. The zero-order valence-electron chi connectivity index (χ0n) is 16.1. The molecule has 1 amide bonds. The Morgan fingerprint density at radius 2 is 2.12 bits per heavy atom. The lowest BCUT2D eigenvalue weighted by molar-refractivity contribution is -0.130. The van der Waals surface area contributed by atoms with Crippen LogP contribution in [-0.4, -0.2) is 73.0 Å². The molecule has 1 atom stereocenters. The second-order valence-corrected chi connectivity index (χ2v) is 7.59. The fourth-order valence-corrected chi connectivity index (χ4v) is 4.29. The van der Waals surface area contributed by atoms with Gasteiger partial charge in [0.2, 0.25) is 5.91 Å². The van der Waals surface area contributed by atoms with Gasteiger partial charge in [0.15, 0.2) is 0 Å². The van der Waals surface area contributed by atoms with Gasteiger partial charge in [-0.1, -0.05) is 18.2 Å². The molecule has 2 heterocycles. The lowest BCUT2D eigenvalue weighted by Crippen LogP contribution is -2.60. The van der Waals surface area contributed by atoms with Crippen LogP contribution >= 0.6 is 0 Å². The van der Waals surface area contributed by atoms with Crippen molar-refractivity contribution in [3.63, 3.8) is 0 Å². The highest BCUT2D eigenvalue weighted by Gasteiger charge is 2.42. The Kier molecular flexibility index (Phi) is 5.99. The standard InChI is InChI=1S/C21H31N3O2/c1-4-11-24-12-10-21(9-8-20(24)25)17-23(14-13-22(21)2)16-18-6-5-7-19(15-18)26-3/h4-7,15H,1,8-14,16-17H2,2-3H3/t21-/m0/s1. The zero-order chi connectivity index (χ0) is 18.6. The first-order valence-corrected chi connectivity index (χ1v) is 9.51. The summed E-state index contributed by atoms with van der Waals surface area (Å²) in [4.78, 5) is 19.4. The molecule has 2 fully saturated rings. The molecule has 5 nitrogen and oxygen atoms in total. The largest absolute Gasteiger partial charge is 0.497 e. The Bertz CT molecular complexity index is 648. The van der Waals surface area contributed by atoms with Crippen molar-refractivity contribution in [3.8, 4) is 5.75 Å². The predicted octanol–water partition coefficient (Wildman–Crippen LogP) is 2.38. The third-order valence-corrected chi connectivity index (χ3v) is 5.97. The Morgan fingerprint density at radius 3 is 2.88 bits per heavy atom. The van der Waals surface area contributed by atoms with Crippen LogP contribution in [0.15, 0.2) is 36.9 Å². The van der Waals surface area contributed by atoms with Crippen molar-refractivity contribution in [2.24, 2.45) is 0 Å². The van der Waals surface area contributed by atoms with E-state index in [9.17, 15) is 4.79 Å². The summed E-state index contributed by atoms with van der Waals surface area (Å²) in [5, 5.41) is 0. The Hall–Kier alpha value is -1.85. The van der Waals surface area contributed by atoms with Crippen molar-refractivity contribution in [1.82, 2.24) is 14.7 Å². The van der Waals surface area contributed by atoms with E-state index in [2.05, 4.69) is 41.6 Å². The SMILES string of the molecule is C=CCN1CC[C@@]2(CCC1=O)CN(Cc1cccc(OC)c1)CCN2C. The summed E-state index contributed by atoms with van der Waals surface area (Å²) in [5.74, 6) is 1.17. The lowest BCUT2D eigenvalue weighted by atomic mass is 9.86. The molecule has 1 aromatic rings. The molecule has 5 heteroatoms. The van der Waals surface area contributed by atoms with Crippen LogP contribution in [0.25, 0.3) is 0 Å². The highest BCUT2D eigenvalue weighted by atomic mass is 16.5. The maximum Gasteiger partial charge on any atom is 0.222 e. The number of nitrogens with zero attached hydrogens (tertiary/aromatic N) is 3. The molecule has 3 rings (SSSR count). The summed E-state index contributed by atoms with van der Waals surface area (Å²) in [6.07, 6.45) is 4.42. The molecule has 142 valence electrons. The Morgan fingerprint density at radius 1 is 1.27 bits per heavy atom. The molecule has 2 saturated heterocycles. The van der Waals surface area contributed by atoms with Gasteiger partial charge in [-0.25, -0.2) is 0 Å². The molecule has 0 aliphatic carbocycles. The number of hydrogen-bond donors (Lipinski definition) is 0. The van der Waals surface area contributed by atoms with Crippen LogP contribution in [0, 0.1) is 0 Å². The number of amides is 1. The summed E-state index contributed by atoms with van der Waals surface area (Å²) in [6, 6.07) is 8.32. The molecular weight excluding hydrogens is 326 g/mol. The number of piperazine rings is 1. The third kappa shape index (κ3) is 4.10. The van der Waals surface area contributed by atoms with E-state index < -0.39 is 0 Å². The highest BCUT2D eigenvalue weighted by molar-refractivity contribution is 5.76. The van der Waals surface area contributed by atoms with E-state index >= 15 is 0 Å². The molecule has 2 aliphatic rings. The van der Waals surface area contributed by atoms with Gasteiger partial charge in [-0.2, -0.15) is 0 Å². The van der Waals surface area contributed by atoms with Crippen molar-refractivity contribution in [2.45, 2.75) is 31.3 Å². The van der Waals surface area contributed by atoms with Crippen LogP contribution in [0.2, 0.25) is 0 Å². The summed E-state index contributed by atoms with van der Waals surface area (Å²) < 4.78 is 5.36. The average Bonchev–Trinajstić information content (AvgIpc) is 2.80. The van der Waals surface area contributed by atoms with E-state index in [1.165, 1.54) is 5.56 Å². The molecule has 0 N–H and O–H groups in total. The molecule has 0 saturated carbocycles. The minimum Gasteiger partial charge on any atom is -0.497 e. The molecule has 2 aliphatic heterocycles. The number of rotatable bonds is 5. The number of carbonyl (C=O) groups is 1.